The molecule has 0 fully saturated rings. The van der Waals surface area contributed by atoms with Gasteiger partial charge in [0.1, 0.15) is 6.61 Å². The molecule has 0 bridgehead atoms. The van der Waals surface area contributed by atoms with Crippen LogP contribution in [-0.2, 0) is 16.4 Å². The predicted octanol–water partition coefficient (Wildman–Crippen LogP) is 2.25. The number of nitrogens with two attached hydrogens (primary N) is 1. The number of nitrogens with one attached hydrogen (secondary N) is 1. The van der Waals surface area contributed by atoms with Crippen LogP contribution in [0, 0.1) is 6.92 Å². The molecule has 0 amide bonds. The summed E-state index contributed by atoms with van der Waals surface area (Å²) in [5.74, 6) is 1.41. The molecule has 7 heteroatoms. The number of primary sulfonamides is 1. The summed E-state index contributed by atoms with van der Waals surface area (Å²) in [5, 5.41) is 8.63. The van der Waals surface area contributed by atoms with E-state index in [0.717, 1.165) is 5.56 Å². The van der Waals surface area contributed by atoms with Crippen LogP contribution in [0.3, 0.4) is 0 Å². The summed E-state index contributed by atoms with van der Waals surface area (Å²) in [4.78, 5) is 0.182. The van der Waals surface area contributed by atoms with Crippen molar-refractivity contribution in [2.45, 2.75) is 31.2 Å². The van der Waals surface area contributed by atoms with Crippen LogP contribution in [0.1, 0.15) is 18.1 Å². The Morgan fingerprint density at radius 2 is 1.85 bits per heavy atom. The molecule has 0 spiro atoms. The van der Waals surface area contributed by atoms with E-state index in [1.54, 1.807) is 26.2 Å². The van der Waals surface area contributed by atoms with Crippen molar-refractivity contribution in [2.75, 3.05) is 20.3 Å². The van der Waals surface area contributed by atoms with Crippen molar-refractivity contribution < 1.29 is 17.9 Å². The summed E-state index contributed by atoms with van der Waals surface area (Å²) < 4.78 is 34.2. The van der Waals surface area contributed by atoms with Gasteiger partial charge >= 0.3 is 0 Å². The highest BCUT2D eigenvalue weighted by Crippen LogP contribution is 2.25. The maximum Gasteiger partial charge on any atom is 0.238 e. The number of sulfonamides is 1. The Morgan fingerprint density at radius 3 is 2.50 bits per heavy atom. The lowest BCUT2D eigenvalue weighted by atomic mass is 10.1. The molecule has 0 aliphatic heterocycles. The summed E-state index contributed by atoms with van der Waals surface area (Å²) in [6, 6.07) is 13.0. The van der Waals surface area contributed by atoms with Gasteiger partial charge in [0.15, 0.2) is 11.5 Å². The zero-order valence-corrected chi connectivity index (χ0v) is 16.2. The Bertz CT molecular complexity index is 837. The van der Waals surface area contributed by atoms with Crippen LogP contribution in [0.5, 0.6) is 11.5 Å². The van der Waals surface area contributed by atoms with E-state index in [2.05, 4.69) is 5.32 Å². The lowest BCUT2D eigenvalue weighted by molar-refractivity contribution is 0.287. The van der Waals surface area contributed by atoms with E-state index in [-0.39, 0.29) is 10.9 Å². The molecule has 1 atom stereocenters. The topological polar surface area (TPSA) is 90.7 Å². The van der Waals surface area contributed by atoms with Crippen molar-refractivity contribution in [2.24, 2.45) is 5.14 Å². The van der Waals surface area contributed by atoms with Gasteiger partial charge in [0, 0.05) is 12.6 Å². The minimum atomic E-state index is -3.70. The summed E-state index contributed by atoms with van der Waals surface area (Å²) in [7, 11) is -2.09. The first-order valence-corrected chi connectivity index (χ1v) is 9.97. The van der Waals surface area contributed by atoms with Gasteiger partial charge in [-0.1, -0.05) is 24.3 Å². The summed E-state index contributed by atoms with van der Waals surface area (Å²) in [5.41, 5.74) is 1.58. The maximum absolute atomic E-state index is 11.6. The smallest absolute Gasteiger partial charge is 0.238 e. The van der Waals surface area contributed by atoms with E-state index < -0.39 is 10.0 Å². The quantitative estimate of drug-likeness (QED) is 0.653. The Hall–Kier alpha value is -2.09. The van der Waals surface area contributed by atoms with E-state index in [1.165, 1.54) is 0 Å². The lowest BCUT2D eigenvalue weighted by Crippen LogP contribution is -2.32. The van der Waals surface area contributed by atoms with Crippen LogP contribution < -0.4 is 19.9 Å². The molecule has 2 aromatic carbocycles. The number of hydrogen-bond acceptors (Lipinski definition) is 5. The van der Waals surface area contributed by atoms with Gasteiger partial charge in [0.25, 0.3) is 0 Å². The number of para-hydroxylation sites is 2. The number of ether oxygens (including phenoxy) is 2. The van der Waals surface area contributed by atoms with Gasteiger partial charge in [-0.15, -0.1) is 0 Å². The number of benzene rings is 2. The zero-order chi connectivity index (χ0) is 19.2. The first kappa shape index (κ1) is 20.2. The Balaban J connectivity index is 1.85. The molecule has 1 unspecified atom stereocenters. The first-order valence-electron chi connectivity index (χ1n) is 8.43. The normalized spacial score (nSPS) is 12.6. The second kappa shape index (κ2) is 9.02. The highest BCUT2D eigenvalue weighted by atomic mass is 32.2. The molecule has 0 aliphatic rings. The third kappa shape index (κ3) is 5.72. The molecule has 0 aromatic heterocycles. The van der Waals surface area contributed by atoms with E-state index in [4.69, 9.17) is 14.6 Å². The molecule has 2 rings (SSSR count). The molecule has 0 saturated carbocycles. The highest BCUT2D eigenvalue weighted by Gasteiger charge is 2.13. The second-order valence-corrected chi connectivity index (χ2v) is 7.73. The van der Waals surface area contributed by atoms with Crippen LogP contribution in [0.2, 0.25) is 0 Å². The number of aryl methyl sites for hydroxylation is 1. The van der Waals surface area contributed by atoms with E-state index in [0.29, 0.717) is 36.6 Å². The molecule has 0 saturated heterocycles. The second-order valence-electron chi connectivity index (χ2n) is 6.20. The molecular weight excluding hydrogens is 352 g/mol. The van der Waals surface area contributed by atoms with E-state index in [1.807, 2.05) is 37.3 Å². The molecular formula is C19H26N2O4S. The average Bonchev–Trinajstić information content (AvgIpc) is 2.59. The van der Waals surface area contributed by atoms with E-state index >= 15 is 0 Å². The van der Waals surface area contributed by atoms with Gasteiger partial charge in [-0.05, 0) is 49.6 Å². The monoisotopic (exact) mass is 378 g/mol. The van der Waals surface area contributed by atoms with Crippen molar-refractivity contribution >= 4 is 10.0 Å². The van der Waals surface area contributed by atoms with Crippen LogP contribution in [0.25, 0.3) is 0 Å². The fraction of sp³-hybridized carbons (Fsp3) is 0.368. The lowest BCUT2D eigenvalue weighted by Gasteiger charge is -2.16. The number of methoxy groups -OCH3 is 1. The molecule has 6 nitrogen and oxygen atoms in total. The van der Waals surface area contributed by atoms with Gasteiger partial charge in [0.2, 0.25) is 10.0 Å². The highest BCUT2D eigenvalue weighted by molar-refractivity contribution is 7.89. The third-order valence-corrected chi connectivity index (χ3v) is 5.08. The number of hydrogen-bond donors (Lipinski definition) is 2. The molecule has 142 valence electrons. The summed E-state index contributed by atoms with van der Waals surface area (Å²) in [6.07, 6.45) is 0.692. The zero-order valence-electron chi connectivity index (χ0n) is 15.4. The summed E-state index contributed by atoms with van der Waals surface area (Å²) >= 11 is 0. The minimum Gasteiger partial charge on any atom is -0.493 e. The van der Waals surface area contributed by atoms with Crippen LogP contribution in [0.4, 0.5) is 0 Å². The molecule has 0 aliphatic carbocycles. The van der Waals surface area contributed by atoms with Crippen LogP contribution >= 0.6 is 0 Å². The molecule has 2 aromatic rings. The van der Waals surface area contributed by atoms with Gasteiger partial charge in [-0.25, -0.2) is 13.6 Å². The van der Waals surface area contributed by atoms with E-state index in [9.17, 15) is 8.42 Å². The van der Waals surface area contributed by atoms with Gasteiger partial charge in [-0.3, -0.25) is 0 Å². The van der Waals surface area contributed by atoms with Crippen molar-refractivity contribution in [3.63, 3.8) is 0 Å². The minimum absolute atomic E-state index is 0.160. The van der Waals surface area contributed by atoms with Crippen molar-refractivity contribution in [1.82, 2.24) is 5.32 Å². The Labute approximate surface area is 155 Å². The number of rotatable bonds is 9. The fourth-order valence-electron chi connectivity index (χ4n) is 2.71. The van der Waals surface area contributed by atoms with Crippen molar-refractivity contribution in [1.29, 1.82) is 0 Å². The largest absolute Gasteiger partial charge is 0.493 e. The SMILES string of the molecule is COc1ccccc1OCCNC(C)Cc1ccc(C)c(S(N)(=O)=O)c1. The summed E-state index contributed by atoms with van der Waals surface area (Å²) in [6.45, 7) is 4.94. The first-order chi connectivity index (χ1) is 12.3. The standard InChI is InChI=1S/C19H26N2O4S/c1-14-8-9-16(13-19(14)26(20,22)23)12-15(2)21-10-11-25-18-7-5-4-6-17(18)24-3/h4-9,13,15,21H,10-12H2,1-3H3,(H2,20,22,23). The molecule has 0 heterocycles. The maximum atomic E-state index is 11.6. The molecule has 26 heavy (non-hydrogen) atoms. The third-order valence-electron chi connectivity index (χ3n) is 4.02. The van der Waals surface area contributed by atoms with Gasteiger partial charge in [0.05, 0.1) is 12.0 Å². The fourth-order valence-corrected chi connectivity index (χ4v) is 3.54. The molecule has 3 N–H and O–H groups in total. The van der Waals surface area contributed by atoms with Crippen LogP contribution in [-0.4, -0.2) is 34.7 Å². The van der Waals surface area contributed by atoms with Crippen LogP contribution in [0.15, 0.2) is 47.4 Å². The Kier molecular flexibility index (Phi) is 7.02. The van der Waals surface area contributed by atoms with Crippen molar-refractivity contribution in [3.05, 3.63) is 53.6 Å². The van der Waals surface area contributed by atoms with Gasteiger partial charge < -0.3 is 14.8 Å². The Morgan fingerprint density at radius 1 is 1.15 bits per heavy atom. The van der Waals surface area contributed by atoms with Gasteiger partial charge in [-0.2, -0.15) is 0 Å². The average molecular weight is 378 g/mol. The predicted molar refractivity (Wildman–Crippen MR) is 102 cm³/mol. The molecule has 0 radical (unpaired) electrons. The van der Waals surface area contributed by atoms with Crippen molar-refractivity contribution in [3.8, 4) is 11.5 Å².